The first kappa shape index (κ1) is 13.4. The number of benzene rings is 2. The summed E-state index contributed by atoms with van der Waals surface area (Å²) in [7, 11) is 2.20. The molecule has 1 fully saturated rings. The molecule has 1 heterocycles. The minimum atomic E-state index is 0.714. The molecule has 2 nitrogen and oxygen atoms in total. The van der Waals surface area contributed by atoms with E-state index in [0.29, 0.717) is 6.04 Å². The van der Waals surface area contributed by atoms with Gasteiger partial charge >= 0.3 is 0 Å². The van der Waals surface area contributed by atoms with Gasteiger partial charge in [-0.05, 0) is 48.7 Å². The summed E-state index contributed by atoms with van der Waals surface area (Å²) in [5.74, 6) is 0. The molecule has 0 radical (unpaired) electrons. The summed E-state index contributed by atoms with van der Waals surface area (Å²) in [6, 6.07) is 16.0. The molecule has 0 amide bonds. The zero-order valence-electron chi connectivity index (χ0n) is 12.3. The highest BCUT2D eigenvalue weighted by molar-refractivity contribution is 5.85. The van der Waals surface area contributed by atoms with Crippen molar-refractivity contribution in [3.8, 4) is 0 Å². The third-order valence-corrected chi connectivity index (χ3v) is 4.40. The van der Waals surface area contributed by atoms with Crippen molar-refractivity contribution in [1.82, 2.24) is 5.32 Å². The Kier molecular flexibility index (Phi) is 4.22. The van der Waals surface area contributed by atoms with Gasteiger partial charge in [0.15, 0.2) is 0 Å². The van der Waals surface area contributed by atoms with E-state index in [1.807, 2.05) is 0 Å². The van der Waals surface area contributed by atoms with Crippen molar-refractivity contribution in [3.05, 3.63) is 42.5 Å². The zero-order chi connectivity index (χ0) is 13.8. The quantitative estimate of drug-likeness (QED) is 0.907. The topological polar surface area (TPSA) is 15.3 Å². The Hall–Kier alpha value is -1.54. The summed E-state index contributed by atoms with van der Waals surface area (Å²) in [4.78, 5) is 2.38. The second-order valence-corrected chi connectivity index (χ2v) is 5.89. The van der Waals surface area contributed by atoms with Crippen molar-refractivity contribution >= 4 is 16.5 Å². The summed E-state index contributed by atoms with van der Waals surface area (Å²) in [5, 5.41) is 6.27. The van der Waals surface area contributed by atoms with Gasteiger partial charge in [-0.3, -0.25) is 0 Å². The molecule has 1 N–H and O–H groups in total. The lowest BCUT2D eigenvalue weighted by atomic mass is 10.0. The molecule has 2 aromatic carbocycles. The molecule has 0 aromatic heterocycles. The van der Waals surface area contributed by atoms with Gasteiger partial charge in [-0.25, -0.2) is 0 Å². The van der Waals surface area contributed by atoms with Crippen molar-refractivity contribution in [3.63, 3.8) is 0 Å². The molecule has 1 aliphatic rings. The molecule has 1 saturated heterocycles. The number of anilines is 1. The van der Waals surface area contributed by atoms with Crippen LogP contribution in [0.5, 0.6) is 0 Å². The molecule has 0 bridgehead atoms. The number of hydrogen-bond donors (Lipinski definition) is 1. The summed E-state index contributed by atoms with van der Waals surface area (Å²) in [6.07, 6.45) is 5.31. The van der Waals surface area contributed by atoms with E-state index in [-0.39, 0.29) is 0 Å². The number of hydrogen-bond acceptors (Lipinski definition) is 2. The Labute approximate surface area is 121 Å². The first-order valence-corrected chi connectivity index (χ1v) is 7.76. The number of nitrogens with zero attached hydrogens (tertiary/aromatic N) is 1. The monoisotopic (exact) mass is 268 g/mol. The lowest BCUT2D eigenvalue weighted by Gasteiger charge is -2.27. The van der Waals surface area contributed by atoms with E-state index in [2.05, 4.69) is 59.7 Å². The summed E-state index contributed by atoms with van der Waals surface area (Å²) >= 11 is 0. The number of fused-ring (bicyclic) bond motifs is 1. The third-order valence-electron chi connectivity index (χ3n) is 4.40. The SMILES string of the molecule is CN(CCC1CCCCN1)c1ccc2ccccc2c1. The molecule has 0 saturated carbocycles. The molecule has 3 rings (SSSR count). The molecule has 1 atom stereocenters. The van der Waals surface area contributed by atoms with Gasteiger partial charge < -0.3 is 10.2 Å². The number of nitrogens with one attached hydrogen (secondary N) is 1. The van der Waals surface area contributed by atoms with Gasteiger partial charge in [0.25, 0.3) is 0 Å². The van der Waals surface area contributed by atoms with Gasteiger partial charge in [-0.15, -0.1) is 0 Å². The van der Waals surface area contributed by atoms with Crippen LogP contribution in [0.2, 0.25) is 0 Å². The van der Waals surface area contributed by atoms with Crippen molar-refractivity contribution in [2.75, 3.05) is 25.0 Å². The van der Waals surface area contributed by atoms with E-state index >= 15 is 0 Å². The molecule has 1 aliphatic heterocycles. The van der Waals surface area contributed by atoms with Crippen LogP contribution in [0.25, 0.3) is 10.8 Å². The van der Waals surface area contributed by atoms with Crippen LogP contribution in [0.15, 0.2) is 42.5 Å². The van der Waals surface area contributed by atoms with Crippen LogP contribution in [-0.4, -0.2) is 26.2 Å². The standard InChI is InChI=1S/C18H24N2/c1-20(13-11-17-8-4-5-12-19-17)18-10-9-15-6-2-3-7-16(15)14-18/h2-3,6-7,9-10,14,17,19H,4-5,8,11-13H2,1H3. The Morgan fingerprint density at radius 1 is 1.10 bits per heavy atom. The van der Waals surface area contributed by atoms with Gasteiger partial charge in [0, 0.05) is 25.3 Å². The minimum absolute atomic E-state index is 0.714. The largest absolute Gasteiger partial charge is 0.375 e. The van der Waals surface area contributed by atoms with Crippen molar-refractivity contribution in [2.45, 2.75) is 31.7 Å². The summed E-state index contributed by atoms with van der Waals surface area (Å²) in [5.41, 5.74) is 1.32. The second kappa shape index (κ2) is 6.27. The van der Waals surface area contributed by atoms with Crippen LogP contribution in [-0.2, 0) is 0 Å². The highest BCUT2D eigenvalue weighted by Gasteiger charge is 2.13. The molecular formula is C18H24N2. The van der Waals surface area contributed by atoms with Gasteiger partial charge in [0.2, 0.25) is 0 Å². The van der Waals surface area contributed by atoms with E-state index in [4.69, 9.17) is 0 Å². The maximum atomic E-state index is 3.63. The maximum absolute atomic E-state index is 3.63. The molecule has 2 aromatic rings. The Bertz CT molecular complexity index is 558. The van der Waals surface area contributed by atoms with Gasteiger partial charge in [-0.1, -0.05) is 36.8 Å². The number of rotatable bonds is 4. The van der Waals surface area contributed by atoms with Crippen molar-refractivity contribution < 1.29 is 0 Å². The lowest BCUT2D eigenvalue weighted by molar-refractivity contribution is 0.384. The molecule has 0 aliphatic carbocycles. The van der Waals surface area contributed by atoms with Gasteiger partial charge in [0.1, 0.15) is 0 Å². The van der Waals surface area contributed by atoms with E-state index in [9.17, 15) is 0 Å². The molecule has 20 heavy (non-hydrogen) atoms. The van der Waals surface area contributed by atoms with E-state index in [1.54, 1.807) is 0 Å². The Morgan fingerprint density at radius 2 is 1.95 bits per heavy atom. The third kappa shape index (κ3) is 3.13. The molecular weight excluding hydrogens is 244 g/mol. The van der Waals surface area contributed by atoms with E-state index < -0.39 is 0 Å². The lowest BCUT2D eigenvalue weighted by Crippen LogP contribution is -2.36. The van der Waals surface area contributed by atoms with Crippen LogP contribution in [0.3, 0.4) is 0 Å². The van der Waals surface area contributed by atoms with E-state index in [0.717, 1.165) is 6.54 Å². The minimum Gasteiger partial charge on any atom is -0.375 e. The highest BCUT2D eigenvalue weighted by atomic mass is 15.1. The highest BCUT2D eigenvalue weighted by Crippen LogP contribution is 2.22. The average Bonchev–Trinajstić information content (AvgIpc) is 2.53. The fourth-order valence-electron chi connectivity index (χ4n) is 3.06. The Balaban J connectivity index is 1.64. The summed E-state index contributed by atoms with van der Waals surface area (Å²) < 4.78 is 0. The average molecular weight is 268 g/mol. The molecule has 1 unspecified atom stereocenters. The fourth-order valence-corrected chi connectivity index (χ4v) is 3.06. The predicted molar refractivity (Wildman–Crippen MR) is 87.5 cm³/mol. The molecule has 0 spiro atoms. The smallest absolute Gasteiger partial charge is 0.0370 e. The number of piperidine rings is 1. The normalized spacial score (nSPS) is 19.1. The predicted octanol–water partition coefficient (Wildman–Crippen LogP) is 3.81. The molecule has 106 valence electrons. The van der Waals surface area contributed by atoms with E-state index in [1.165, 1.54) is 48.7 Å². The van der Waals surface area contributed by atoms with Crippen LogP contribution in [0.4, 0.5) is 5.69 Å². The zero-order valence-corrected chi connectivity index (χ0v) is 12.3. The van der Waals surface area contributed by atoms with Gasteiger partial charge in [-0.2, -0.15) is 0 Å². The first-order valence-electron chi connectivity index (χ1n) is 7.76. The van der Waals surface area contributed by atoms with Crippen molar-refractivity contribution in [2.24, 2.45) is 0 Å². The van der Waals surface area contributed by atoms with Crippen molar-refractivity contribution in [1.29, 1.82) is 0 Å². The van der Waals surface area contributed by atoms with Crippen LogP contribution in [0, 0.1) is 0 Å². The van der Waals surface area contributed by atoms with Crippen LogP contribution < -0.4 is 10.2 Å². The van der Waals surface area contributed by atoms with Crippen LogP contribution >= 0.6 is 0 Å². The van der Waals surface area contributed by atoms with Crippen LogP contribution in [0.1, 0.15) is 25.7 Å². The second-order valence-electron chi connectivity index (χ2n) is 5.89. The summed E-state index contributed by atoms with van der Waals surface area (Å²) in [6.45, 7) is 2.32. The first-order chi connectivity index (χ1) is 9.83. The Morgan fingerprint density at radius 3 is 2.75 bits per heavy atom. The maximum Gasteiger partial charge on any atom is 0.0370 e. The van der Waals surface area contributed by atoms with Gasteiger partial charge in [0.05, 0.1) is 0 Å². The fraction of sp³-hybridized carbons (Fsp3) is 0.444. The molecule has 2 heteroatoms.